The molecule has 1 aliphatic rings. The third-order valence-corrected chi connectivity index (χ3v) is 3.83. The maximum atomic E-state index is 4.63. The molecule has 0 aliphatic heterocycles. The minimum atomic E-state index is 0.873. The summed E-state index contributed by atoms with van der Waals surface area (Å²) in [7, 11) is 0. The molecule has 1 aliphatic carbocycles. The van der Waals surface area contributed by atoms with Crippen LogP contribution in [-0.2, 0) is 6.42 Å². The standard InChI is InChI=1S/C16H28N4/c1-4-10-17-15-12(3)16(20-14(5-2)19-15)18-11-6-7-13-8-9-13/h13H,4-11H2,1-3H3,(H2,17,18,19,20). The van der Waals surface area contributed by atoms with Gasteiger partial charge in [-0.3, -0.25) is 0 Å². The molecule has 2 N–H and O–H groups in total. The second-order valence-electron chi connectivity index (χ2n) is 5.75. The van der Waals surface area contributed by atoms with Crippen molar-refractivity contribution < 1.29 is 0 Å². The van der Waals surface area contributed by atoms with E-state index < -0.39 is 0 Å². The van der Waals surface area contributed by atoms with Crippen LogP contribution in [0.25, 0.3) is 0 Å². The maximum Gasteiger partial charge on any atom is 0.134 e. The van der Waals surface area contributed by atoms with Crippen molar-refractivity contribution >= 4 is 11.6 Å². The smallest absolute Gasteiger partial charge is 0.134 e. The van der Waals surface area contributed by atoms with Crippen molar-refractivity contribution in [1.82, 2.24) is 9.97 Å². The first-order valence-electron chi connectivity index (χ1n) is 8.09. The molecule has 1 fully saturated rings. The summed E-state index contributed by atoms with van der Waals surface area (Å²) in [5.41, 5.74) is 1.14. The van der Waals surface area contributed by atoms with Gasteiger partial charge in [-0.15, -0.1) is 0 Å². The van der Waals surface area contributed by atoms with Crippen LogP contribution in [0.2, 0.25) is 0 Å². The Bertz CT molecular complexity index is 427. The van der Waals surface area contributed by atoms with Crippen molar-refractivity contribution in [3.8, 4) is 0 Å². The van der Waals surface area contributed by atoms with Crippen molar-refractivity contribution in [2.24, 2.45) is 5.92 Å². The van der Waals surface area contributed by atoms with Gasteiger partial charge in [-0.2, -0.15) is 0 Å². The van der Waals surface area contributed by atoms with Gasteiger partial charge in [0.1, 0.15) is 17.5 Å². The molecular formula is C16H28N4. The van der Waals surface area contributed by atoms with E-state index in [4.69, 9.17) is 0 Å². The zero-order valence-electron chi connectivity index (χ0n) is 13.1. The first-order valence-corrected chi connectivity index (χ1v) is 8.09. The Morgan fingerprint density at radius 2 is 1.70 bits per heavy atom. The van der Waals surface area contributed by atoms with E-state index >= 15 is 0 Å². The van der Waals surface area contributed by atoms with Crippen LogP contribution in [0.4, 0.5) is 11.6 Å². The summed E-state index contributed by atoms with van der Waals surface area (Å²) in [6.07, 6.45) is 7.47. The zero-order valence-corrected chi connectivity index (χ0v) is 13.1. The quantitative estimate of drug-likeness (QED) is 0.674. The molecular weight excluding hydrogens is 248 g/mol. The van der Waals surface area contributed by atoms with Gasteiger partial charge >= 0.3 is 0 Å². The van der Waals surface area contributed by atoms with Gasteiger partial charge in [-0.05, 0) is 32.1 Å². The van der Waals surface area contributed by atoms with Crippen molar-refractivity contribution in [2.45, 2.75) is 59.3 Å². The number of nitrogens with zero attached hydrogens (tertiary/aromatic N) is 2. The Morgan fingerprint density at radius 3 is 2.25 bits per heavy atom. The van der Waals surface area contributed by atoms with Gasteiger partial charge in [0.05, 0.1) is 0 Å². The molecule has 4 nitrogen and oxygen atoms in total. The number of rotatable bonds is 9. The van der Waals surface area contributed by atoms with E-state index in [0.717, 1.165) is 54.9 Å². The Kier molecular flexibility index (Phi) is 5.62. The fourth-order valence-corrected chi connectivity index (χ4v) is 2.31. The molecule has 1 aromatic rings. The minimum absolute atomic E-state index is 0.873. The van der Waals surface area contributed by atoms with Gasteiger partial charge in [0.2, 0.25) is 0 Å². The Hall–Kier alpha value is -1.32. The Morgan fingerprint density at radius 1 is 1.05 bits per heavy atom. The second kappa shape index (κ2) is 7.46. The summed E-state index contributed by atoms with van der Waals surface area (Å²) in [4.78, 5) is 9.22. The molecule has 0 atom stereocenters. The Labute approximate surface area is 122 Å². The molecule has 0 saturated heterocycles. The first-order chi connectivity index (χ1) is 9.74. The van der Waals surface area contributed by atoms with Crippen LogP contribution >= 0.6 is 0 Å². The van der Waals surface area contributed by atoms with Crippen molar-refractivity contribution in [2.75, 3.05) is 23.7 Å². The molecule has 1 aromatic heterocycles. The number of nitrogens with one attached hydrogen (secondary N) is 2. The molecule has 1 heterocycles. The van der Waals surface area contributed by atoms with Gasteiger partial charge in [0, 0.05) is 25.1 Å². The zero-order chi connectivity index (χ0) is 14.4. The van der Waals surface area contributed by atoms with Gasteiger partial charge in [0.25, 0.3) is 0 Å². The van der Waals surface area contributed by atoms with Gasteiger partial charge in [-0.1, -0.05) is 26.7 Å². The van der Waals surface area contributed by atoms with Crippen LogP contribution in [0.15, 0.2) is 0 Å². The van der Waals surface area contributed by atoms with Crippen molar-refractivity contribution in [3.05, 3.63) is 11.4 Å². The van der Waals surface area contributed by atoms with E-state index in [0.29, 0.717) is 0 Å². The number of aryl methyl sites for hydroxylation is 1. The van der Waals surface area contributed by atoms with Gasteiger partial charge in [0.15, 0.2) is 0 Å². The summed E-state index contributed by atoms with van der Waals surface area (Å²) in [5.74, 6) is 3.92. The predicted molar refractivity (Wildman–Crippen MR) is 85.4 cm³/mol. The van der Waals surface area contributed by atoms with Crippen molar-refractivity contribution in [3.63, 3.8) is 0 Å². The van der Waals surface area contributed by atoms with Crippen LogP contribution in [0.3, 0.4) is 0 Å². The van der Waals surface area contributed by atoms with Gasteiger partial charge < -0.3 is 10.6 Å². The van der Waals surface area contributed by atoms with Crippen molar-refractivity contribution in [1.29, 1.82) is 0 Å². The molecule has 20 heavy (non-hydrogen) atoms. The van der Waals surface area contributed by atoms with E-state index in [1.165, 1.54) is 25.7 Å². The highest BCUT2D eigenvalue weighted by Crippen LogP contribution is 2.33. The van der Waals surface area contributed by atoms with E-state index in [1.807, 2.05) is 0 Å². The molecule has 0 radical (unpaired) electrons. The molecule has 112 valence electrons. The fraction of sp³-hybridized carbons (Fsp3) is 0.750. The average Bonchev–Trinajstić information content (AvgIpc) is 3.28. The molecule has 2 rings (SSSR count). The molecule has 0 spiro atoms. The lowest BCUT2D eigenvalue weighted by Crippen LogP contribution is -2.12. The molecule has 0 amide bonds. The largest absolute Gasteiger partial charge is 0.370 e. The van der Waals surface area contributed by atoms with Gasteiger partial charge in [-0.25, -0.2) is 9.97 Å². The normalized spacial score (nSPS) is 14.3. The second-order valence-corrected chi connectivity index (χ2v) is 5.75. The summed E-state index contributed by atoms with van der Waals surface area (Å²) in [5, 5.41) is 6.90. The van der Waals surface area contributed by atoms with E-state index in [2.05, 4.69) is 41.4 Å². The molecule has 4 heteroatoms. The summed E-state index contributed by atoms with van der Waals surface area (Å²) in [6, 6.07) is 0. The number of hydrogen-bond acceptors (Lipinski definition) is 4. The highest BCUT2D eigenvalue weighted by molar-refractivity contribution is 5.57. The van der Waals surface area contributed by atoms with E-state index in [9.17, 15) is 0 Å². The summed E-state index contributed by atoms with van der Waals surface area (Å²) in [6.45, 7) is 8.35. The third-order valence-electron chi connectivity index (χ3n) is 3.83. The molecule has 0 bridgehead atoms. The van der Waals surface area contributed by atoms with E-state index in [1.54, 1.807) is 0 Å². The van der Waals surface area contributed by atoms with Crippen LogP contribution in [0, 0.1) is 12.8 Å². The van der Waals surface area contributed by atoms with Crippen LogP contribution in [0.1, 0.15) is 57.3 Å². The number of aromatic nitrogens is 2. The summed E-state index contributed by atoms with van der Waals surface area (Å²) < 4.78 is 0. The fourth-order valence-electron chi connectivity index (χ4n) is 2.31. The van der Waals surface area contributed by atoms with E-state index in [-0.39, 0.29) is 0 Å². The SMILES string of the molecule is CCCNc1nc(CC)nc(NCCCC2CC2)c1C. The first kappa shape index (κ1) is 15.1. The molecule has 1 saturated carbocycles. The lowest BCUT2D eigenvalue weighted by atomic mass is 10.2. The summed E-state index contributed by atoms with van der Waals surface area (Å²) >= 11 is 0. The Balaban J connectivity index is 1.96. The third kappa shape index (κ3) is 4.36. The monoisotopic (exact) mass is 276 g/mol. The predicted octanol–water partition coefficient (Wildman–Crippen LogP) is 3.77. The van der Waals surface area contributed by atoms with Crippen LogP contribution in [-0.4, -0.2) is 23.1 Å². The lowest BCUT2D eigenvalue weighted by Gasteiger charge is -2.14. The maximum absolute atomic E-state index is 4.63. The molecule has 0 unspecified atom stereocenters. The topological polar surface area (TPSA) is 49.8 Å². The number of anilines is 2. The number of hydrogen-bond donors (Lipinski definition) is 2. The minimum Gasteiger partial charge on any atom is -0.370 e. The average molecular weight is 276 g/mol. The lowest BCUT2D eigenvalue weighted by molar-refractivity contribution is 0.686. The van der Waals surface area contributed by atoms with Crippen LogP contribution < -0.4 is 10.6 Å². The highest BCUT2D eigenvalue weighted by atomic mass is 15.1. The highest BCUT2D eigenvalue weighted by Gasteiger charge is 2.20. The molecule has 0 aromatic carbocycles. The van der Waals surface area contributed by atoms with Crippen LogP contribution in [0.5, 0.6) is 0 Å².